The van der Waals surface area contributed by atoms with Gasteiger partial charge in [0.1, 0.15) is 0 Å². The number of rotatable bonds is 6. The van der Waals surface area contributed by atoms with Crippen molar-refractivity contribution in [3.05, 3.63) is 197 Å². The summed E-state index contributed by atoms with van der Waals surface area (Å²) in [6.07, 6.45) is 0. The van der Waals surface area contributed by atoms with Crippen molar-refractivity contribution in [1.29, 1.82) is 0 Å². The summed E-state index contributed by atoms with van der Waals surface area (Å²) in [5.41, 5.74) is 5.40. The van der Waals surface area contributed by atoms with Crippen LogP contribution in [0.3, 0.4) is 0 Å². The molecule has 6 nitrogen and oxygen atoms in total. The molecule has 0 saturated heterocycles. The Hall–Kier alpha value is -7.44. The summed E-state index contributed by atoms with van der Waals surface area (Å²) >= 11 is 0. The highest BCUT2D eigenvalue weighted by Crippen LogP contribution is 2.36. The van der Waals surface area contributed by atoms with Gasteiger partial charge >= 0.3 is 0 Å². The van der Waals surface area contributed by atoms with Crippen molar-refractivity contribution < 1.29 is 0 Å². The number of para-hydroxylation sites is 2. The van der Waals surface area contributed by atoms with Crippen LogP contribution < -0.4 is 22.2 Å². The van der Waals surface area contributed by atoms with E-state index < -0.39 is 0 Å². The van der Waals surface area contributed by atoms with Gasteiger partial charge in [-0.05, 0) is 196 Å². The first-order valence-electron chi connectivity index (χ1n) is 23.6. The predicted molar refractivity (Wildman–Crippen MR) is 283 cm³/mol. The first kappa shape index (κ1) is 42.2. The predicted octanol–water partition coefficient (Wildman–Crippen LogP) is 14.2. The van der Waals surface area contributed by atoms with Crippen LogP contribution in [0.5, 0.6) is 0 Å². The van der Waals surface area contributed by atoms with Gasteiger partial charge in [-0.1, -0.05) is 110 Å². The molecule has 0 aliphatic rings. The normalized spacial score (nSPS) is 12.4. The molecule has 0 aliphatic heterocycles. The molecule has 0 saturated carbocycles. The maximum Gasteiger partial charge on any atom is 0.266 e. The fourth-order valence-corrected chi connectivity index (χ4v) is 10.8. The van der Waals surface area contributed by atoms with Crippen molar-refractivity contribution >= 4 is 86.2 Å². The second-order valence-corrected chi connectivity index (χ2v) is 20.1. The Morgan fingerprint density at radius 3 is 0.881 bits per heavy atom. The van der Waals surface area contributed by atoms with Crippen LogP contribution >= 0.6 is 0 Å². The smallest absolute Gasteiger partial charge is 0.266 e. The summed E-state index contributed by atoms with van der Waals surface area (Å²) in [6, 6.07) is 43.7. The number of benzene rings is 8. The van der Waals surface area contributed by atoms with E-state index in [1.807, 2.05) is 60.7 Å². The van der Waals surface area contributed by atoms with Gasteiger partial charge in [-0.3, -0.25) is 19.2 Å². The second-order valence-electron chi connectivity index (χ2n) is 20.1. The molecule has 330 valence electrons. The van der Waals surface area contributed by atoms with Crippen molar-refractivity contribution in [3.63, 3.8) is 0 Å². The number of hydrogen-bond acceptors (Lipinski definition) is 4. The minimum Gasteiger partial charge on any atom is -0.268 e. The summed E-state index contributed by atoms with van der Waals surface area (Å²) in [5, 5.41) is 13.9. The Morgan fingerprint density at radius 2 is 0.552 bits per heavy atom. The van der Waals surface area contributed by atoms with Crippen LogP contribution in [-0.4, -0.2) is 9.13 Å². The van der Waals surface area contributed by atoms with E-state index in [0.717, 1.165) is 104 Å². The molecule has 11 rings (SSSR count). The highest BCUT2D eigenvalue weighted by Gasteiger charge is 2.24. The molecular weight excluding hydrogens is 825 g/mol. The Balaban J connectivity index is 1.05. The summed E-state index contributed by atoms with van der Waals surface area (Å²) < 4.78 is 2.83. The second kappa shape index (κ2) is 15.3. The summed E-state index contributed by atoms with van der Waals surface area (Å²) in [7, 11) is 0. The van der Waals surface area contributed by atoms with Gasteiger partial charge in [-0.25, -0.2) is 9.13 Å². The molecule has 0 aliphatic carbocycles. The van der Waals surface area contributed by atoms with Crippen LogP contribution in [0.4, 0.5) is 0 Å². The van der Waals surface area contributed by atoms with Crippen molar-refractivity contribution in [2.24, 2.45) is 0 Å². The molecule has 0 fully saturated rings. The van der Waals surface area contributed by atoms with E-state index in [9.17, 15) is 19.2 Å². The molecule has 9 aromatic carbocycles. The van der Waals surface area contributed by atoms with Crippen LogP contribution in [0.25, 0.3) is 97.6 Å². The highest BCUT2D eigenvalue weighted by molar-refractivity contribution is 6.11. The maximum absolute atomic E-state index is 14.3. The standard InChI is InChI=1S/C61H52N2O4/c1-31(2)47-12-10-13-48(32(3)4)56(47)62-58(64)52-27-43-22-39-19-36-16-17-37-20-40-23-44-28-53-55(61(67)63(59(53)65)57-49(33(5)6)14-11-15-50(57)34(7)8)30-46(44)25-42(40)26-51(37)35(9)18-38(36)21-41(39)24-45(43)29-54(52)60(62)66/h10-34H,1-9H3. The van der Waals surface area contributed by atoms with E-state index >= 15 is 0 Å². The van der Waals surface area contributed by atoms with Crippen LogP contribution in [-0.2, 0) is 0 Å². The fourth-order valence-electron chi connectivity index (χ4n) is 10.8. The molecule has 2 heterocycles. The quantitative estimate of drug-likeness (QED) is 0.156. The zero-order valence-corrected chi connectivity index (χ0v) is 39.5. The minimum absolute atomic E-state index is 0.132. The SMILES string of the molecule is Cc1cc2cc3cc4cc5c(=O)n(-c6c(C(C)C)cccc6C(C)C)c(=O)c5cc4cc3cc2ccc2cc3cc4cc5c(=O)n(-c6c(C(C)C)cccc6C(C)C)c(=O)c5cc4cc3cc12. The van der Waals surface area contributed by atoms with Gasteiger partial charge in [-0.15, -0.1) is 0 Å². The van der Waals surface area contributed by atoms with Crippen LogP contribution in [0, 0.1) is 6.92 Å². The van der Waals surface area contributed by atoms with Crippen LogP contribution in [0.1, 0.15) is 107 Å². The number of hydrogen-bond donors (Lipinski definition) is 0. The molecule has 0 amide bonds. The molecule has 67 heavy (non-hydrogen) atoms. The van der Waals surface area contributed by atoms with Gasteiger partial charge in [0.15, 0.2) is 0 Å². The summed E-state index contributed by atoms with van der Waals surface area (Å²) in [6.45, 7) is 18.9. The number of nitrogens with zero attached hydrogens (tertiary/aromatic N) is 2. The molecule has 11 aromatic rings. The monoisotopic (exact) mass is 876 g/mol. The van der Waals surface area contributed by atoms with E-state index in [1.165, 1.54) is 9.13 Å². The third kappa shape index (κ3) is 6.52. The van der Waals surface area contributed by atoms with E-state index in [4.69, 9.17) is 0 Å². The van der Waals surface area contributed by atoms with Gasteiger partial charge < -0.3 is 0 Å². The summed E-state index contributed by atoms with van der Waals surface area (Å²) in [5.74, 6) is 0.527. The van der Waals surface area contributed by atoms with E-state index in [1.54, 1.807) is 0 Å². The average Bonchev–Trinajstić information content (AvgIpc) is 3.67. The van der Waals surface area contributed by atoms with Gasteiger partial charge in [0.25, 0.3) is 22.2 Å². The fraction of sp³-hybridized carbons (Fsp3) is 0.213. The Labute approximate surface area is 387 Å². The lowest BCUT2D eigenvalue weighted by atomic mass is 9.92. The average molecular weight is 877 g/mol. The number of aromatic nitrogens is 2. The zero-order chi connectivity index (χ0) is 46.9. The van der Waals surface area contributed by atoms with E-state index in [2.05, 4.69) is 129 Å². The first-order valence-corrected chi connectivity index (χ1v) is 23.6. The van der Waals surface area contributed by atoms with Crippen molar-refractivity contribution in [3.8, 4) is 11.4 Å². The van der Waals surface area contributed by atoms with Gasteiger partial charge in [0.2, 0.25) is 0 Å². The topological polar surface area (TPSA) is 78.1 Å². The van der Waals surface area contributed by atoms with Crippen LogP contribution in [0.2, 0.25) is 0 Å². The molecule has 0 N–H and O–H groups in total. The molecular formula is C61H52N2O4. The maximum atomic E-state index is 14.3. The van der Waals surface area contributed by atoms with Gasteiger partial charge in [-0.2, -0.15) is 0 Å². The molecule has 0 radical (unpaired) electrons. The largest absolute Gasteiger partial charge is 0.268 e. The number of fused-ring (bicyclic) bond motifs is 8. The van der Waals surface area contributed by atoms with E-state index in [0.29, 0.717) is 21.5 Å². The molecule has 0 unspecified atom stereocenters. The minimum atomic E-state index is -0.277. The lowest BCUT2D eigenvalue weighted by Gasteiger charge is -2.19. The third-order valence-corrected chi connectivity index (χ3v) is 14.3. The number of aryl methyl sites for hydroxylation is 1. The van der Waals surface area contributed by atoms with Crippen molar-refractivity contribution in [2.45, 2.75) is 86.0 Å². The zero-order valence-electron chi connectivity index (χ0n) is 39.5. The molecule has 0 atom stereocenters. The first-order chi connectivity index (χ1) is 32.1. The lowest BCUT2D eigenvalue weighted by Crippen LogP contribution is -2.26. The lowest BCUT2D eigenvalue weighted by molar-refractivity contribution is 0.795. The Kier molecular flexibility index (Phi) is 9.65. The van der Waals surface area contributed by atoms with Gasteiger partial charge in [0.05, 0.1) is 32.9 Å². The van der Waals surface area contributed by atoms with Crippen molar-refractivity contribution in [1.82, 2.24) is 9.13 Å². The molecule has 6 heteroatoms. The highest BCUT2D eigenvalue weighted by atomic mass is 16.2. The van der Waals surface area contributed by atoms with Gasteiger partial charge in [0, 0.05) is 0 Å². The Bertz CT molecular complexity index is 4120. The third-order valence-electron chi connectivity index (χ3n) is 14.3. The molecule has 0 spiro atoms. The van der Waals surface area contributed by atoms with E-state index in [-0.39, 0.29) is 45.9 Å². The van der Waals surface area contributed by atoms with Crippen molar-refractivity contribution in [2.75, 3.05) is 0 Å². The Morgan fingerprint density at radius 1 is 0.299 bits per heavy atom. The molecule has 2 aromatic heterocycles. The van der Waals surface area contributed by atoms with Crippen LogP contribution in [0.15, 0.2) is 147 Å². The molecule has 0 bridgehead atoms. The summed E-state index contributed by atoms with van der Waals surface area (Å²) in [4.78, 5) is 57.0.